The Morgan fingerprint density at radius 1 is 1.15 bits per heavy atom. The molecule has 1 aromatic carbocycles. The maximum Gasteiger partial charge on any atom is 0.264 e. The molecule has 0 radical (unpaired) electrons. The van der Waals surface area contributed by atoms with Crippen LogP contribution in [0, 0.1) is 0 Å². The lowest BCUT2D eigenvalue weighted by Crippen LogP contribution is -2.42. The summed E-state index contributed by atoms with van der Waals surface area (Å²) in [6.07, 6.45) is 5.39. The highest BCUT2D eigenvalue weighted by Crippen LogP contribution is 2.17. The Bertz CT molecular complexity index is 727. The Labute approximate surface area is 153 Å². The summed E-state index contributed by atoms with van der Waals surface area (Å²) in [4.78, 5) is 28.7. The molecule has 9 heteroatoms. The number of hydrogen-bond donors (Lipinski definition) is 2. The van der Waals surface area contributed by atoms with E-state index in [-0.39, 0.29) is 29.0 Å². The zero-order valence-electron chi connectivity index (χ0n) is 15.0. The molecular formula is C17H25N3O5S. The average molecular weight is 383 g/mol. The van der Waals surface area contributed by atoms with E-state index >= 15 is 0 Å². The zero-order chi connectivity index (χ0) is 19.2. The molecule has 1 aliphatic rings. The average Bonchev–Trinajstić information content (AvgIpc) is 2.66. The van der Waals surface area contributed by atoms with Crippen LogP contribution in [-0.4, -0.2) is 51.4 Å². The molecule has 1 fully saturated rings. The molecule has 0 atom stereocenters. The fraction of sp³-hybridized carbons (Fsp3) is 0.529. The second-order valence-electron chi connectivity index (χ2n) is 6.21. The van der Waals surface area contributed by atoms with Crippen molar-refractivity contribution in [2.75, 3.05) is 20.7 Å². The first-order valence-corrected chi connectivity index (χ1v) is 9.99. The Kier molecular flexibility index (Phi) is 7.13. The van der Waals surface area contributed by atoms with Crippen molar-refractivity contribution in [2.45, 2.75) is 43.0 Å². The van der Waals surface area contributed by atoms with Gasteiger partial charge in [-0.3, -0.25) is 14.4 Å². The first-order chi connectivity index (χ1) is 12.3. The molecule has 0 spiro atoms. The topological polar surface area (TPSA) is 105 Å². The van der Waals surface area contributed by atoms with E-state index in [4.69, 9.17) is 4.84 Å². The van der Waals surface area contributed by atoms with Crippen LogP contribution in [0.4, 0.5) is 0 Å². The van der Waals surface area contributed by atoms with Gasteiger partial charge in [0.1, 0.15) is 0 Å². The number of sulfonamides is 1. The molecule has 1 saturated carbocycles. The Morgan fingerprint density at radius 2 is 1.77 bits per heavy atom. The van der Waals surface area contributed by atoms with E-state index in [1.54, 1.807) is 0 Å². The van der Waals surface area contributed by atoms with Crippen LogP contribution < -0.4 is 10.6 Å². The van der Waals surface area contributed by atoms with Gasteiger partial charge in [0.15, 0.2) is 0 Å². The van der Waals surface area contributed by atoms with Crippen molar-refractivity contribution in [1.29, 1.82) is 0 Å². The Balaban J connectivity index is 1.88. The number of nitrogens with zero attached hydrogens (tertiary/aromatic N) is 1. The zero-order valence-corrected chi connectivity index (χ0v) is 15.8. The monoisotopic (exact) mass is 383 g/mol. The van der Waals surface area contributed by atoms with Crippen LogP contribution in [0.5, 0.6) is 0 Å². The summed E-state index contributed by atoms with van der Waals surface area (Å²) in [5, 5.41) is 5.47. The van der Waals surface area contributed by atoms with E-state index in [9.17, 15) is 18.0 Å². The Morgan fingerprint density at radius 3 is 2.35 bits per heavy atom. The van der Waals surface area contributed by atoms with Crippen molar-refractivity contribution >= 4 is 21.8 Å². The summed E-state index contributed by atoms with van der Waals surface area (Å²) in [6, 6.07) is 5.62. The molecule has 0 unspecified atom stereocenters. The molecule has 8 nitrogen and oxygen atoms in total. The fourth-order valence-corrected chi connectivity index (χ4v) is 3.79. The standard InChI is InChI=1S/C17H25N3O5S/c1-20(25-2)26(23,24)15-10-8-13(9-11-15)17(22)18-12-16(21)19-14-6-4-3-5-7-14/h8-11,14H,3-7,12H2,1-2H3,(H,18,22)(H,19,21). The van der Waals surface area contributed by atoms with Crippen molar-refractivity contribution in [3.63, 3.8) is 0 Å². The van der Waals surface area contributed by atoms with Crippen LogP contribution in [-0.2, 0) is 19.7 Å². The number of carbonyl (C=O) groups is 2. The molecule has 0 aromatic heterocycles. The van der Waals surface area contributed by atoms with Gasteiger partial charge in [0, 0.05) is 18.7 Å². The first-order valence-electron chi connectivity index (χ1n) is 8.55. The maximum atomic E-state index is 12.1. The molecule has 0 saturated heterocycles. The summed E-state index contributed by atoms with van der Waals surface area (Å²) in [6.45, 7) is -0.109. The molecule has 2 amide bonds. The summed E-state index contributed by atoms with van der Waals surface area (Å²) >= 11 is 0. The summed E-state index contributed by atoms with van der Waals surface area (Å²) < 4.78 is 24.9. The SMILES string of the molecule is CON(C)S(=O)(=O)c1ccc(C(=O)NCC(=O)NC2CCCCC2)cc1. The van der Waals surface area contributed by atoms with Crippen molar-refractivity contribution in [3.05, 3.63) is 29.8 Å². The number of rotatable bonds is 7. The first kappa shape index (κ1) is 20.3. The number of benzene rings is 1. The number of hydrogen-bond acceptors (Lipinski definition) is 5. The van der Waals surface area contributed by atoms with Crippen LogP contribution in [0.15, 0.2) is 29.2 Å². The third-order valence-corrected chi connectivity index (χ3v) is 6.08. The minimum Gasteiger partial charge on any atom is -0.352 e. The van der Waals surface area contributed by atoms with Crippen LogP contribution in [0.25, 0.3) is 0 Å². The van der Waals surface area contributed by atoms with Crippen molar-refractivity contribution in [2.24, 2.45) is 0 Å². The van der Waals surface area contributed by atoms with Crippen LogP contribution in [0.2, 0.25) is 0 Å². The van der Waals surface area contributed by atoms with Gasteiger partial charge in [-0.1, -0.05) is 23.7 Å². The van der Waals surface area contributed by atoms with Gasteiger partial charge >= 0.3 is 0 Å². The van der Waals surface area contributed by atoms with Gasteiger partial charge in [-0.15, -0.1) is 0 Å². The highest BCUT2D eigenvalue weighted by Gasteiger charge is 2.21. The third-order valence-electron chi connectivity index (χ3n) is 4.39. The predicted molar refractivity (Wildman–Crippen MR) is 95.7 cm³/mol. The van der Waals surface area contributed by atoms with E-state index in [0.717, 1.165) is 30.2 Å². The highest BCUT2D eigenvalue weighted by atomic mass is 32.2. The lowest BCUT2D eigenvalue weighted by molar-refractivity contribution is -0.121. The molecule has 1 aromatic rings. The molecule has 2 N–H and O–H groups in total. The van der Waals surface area contributed by atoms with Gasteiger partial charge in [0.2, 0.25) is 5.91 Å². The molecule has 144 valence electrons. The van der Waals surface area contributed by atoms with E-state index in [2.05, 4.69) is 10.6 Å². The van der Waals surface area contributed by atoms with Gasteiger partial charge in [0.05, 0.1) is 18.6 Å². The largest absolute Gasteiger partial charge is 0.352 e. The summed E-state index contributed by atoms with van der Waals surface area (Å²) in [7, 11) is -1.23. The van der Waals surface area contributed by atoms with Crippen LogP contribution >= 0.6 is 0 Å². The summed E-state index contributed by atoms with van der Waals surface area (Å²) in [5.41, 5.74) is 0.273. The predicted octanol–water partition coefficient (Wildman–Crippen LogP) is 1.05. The van der Waals surface area contributed by atoms with Gasteiger partial charge in [0.25, 0.3) is 15.9 Å². The van der Waals surface area contributed by atoms with Crippen molar-refractivity contribution < 1.29 is 22.8 Å². The van der Waals surface area contributed by atoms with Crippen LogP contribution in [0.1, 0.15) is 42.5 Å². The number of amides is 2. The number of nitrogens with one attached hydrogen (secondary N) is 2. The minimum atomic E-state index is -3.76. The molecule has 2 rings (SSSR count). The maximum absolute atomic E-state index is 12.1. The van der Waals surface area contributed by atoms with E-state index < -0.39 is 15.9 Å². The van der Waals surface area contributed by atoms with E-state index in [1.165, 1.54) is 44.8 Å². The van der Waals surface area contributed by atoms with Gasteiger partial charge < -0.3 is 10.6 Å². The molecule has 26 heavy (non-hydrogen) atoms. The molecule has 0 aliphatic heterocycles. The Hall–Kier alpha value is -1.97. The highest BCUT2D eigenvalue weighted by molar-refractivity contribution is 7.89. The molecule has 0 bridgehead atoms. The smallest absolute Gasteiger partial charge is 0.264 e. The molecular weight excluding hydrogens is 358 g/mol. The van der Waals surface area contributed by atoms with Crippen LogP contribution in [0.3, 0.4) is 0 Å². The second-order valence-corrected chi connectivity index (χ2v) is 8.14. The van der Waals surface area contributed by atoms with Gasteiger partial charge in [-0.25, -0.2) is 8.42 Å². The lowest BCUT2D eigenvalue weighted by atomic mass is 9.95. The number of hydroxylamine groups is 1. The van der Waals surface area contributed by atoms with Crippen molar-refractivity contribution in [3.8, 4) is 0 Å². The molecule has 0 heterocycles. The normalized spacial score (nSPS) is 15.7. The van der Waals surface area contributed by atoms with Gasteiger partial charge in [-0.2, -0.15) is 0 Å². The fourth-order valence-electron chi connectivity index (χ4n) is 2.81. The quantitative estimate of drug-likeness (QED) is 0.685. The number of carbonyl (C=O) groups excluding carboxylic acids is 2. The van der Waals surface area contributed by atoms with Gasteiger partial charge in [-0.05, 0) is 37.1 Å². The molecule has 1 aliphatic carbocycles. The lowest BCUT2D eigenvalue weighted by Gasteiger charge is -2.22. The van der Waals surface area contributed by atoms with E-state index in [1.807, 2.05) is 0 Å². The minimum absolute atomic E-state index is 0.00782. The van der Waals surface area contributed by atoms with Crippen molar-refractivity contribution in [1.82, 2.24) is 15.1 Å². The second kappa shape index (κ2) is 9.11. The van der Waals surface area contributed by atoms with E-state index in [0.29, 0.717) is 0 Å². The third kappa shape index (κ3) is 5.26. The summed E-state index contributed by atoms with van der Waals surface area (Å²) in [5.74, 6) is -0.654.